The van der Waals surface area contributed by atoms with Crippen LogP contribution in [0.2, 0.25) is 0 Å². The molecule has 7 heteroatoms. The molecule has 0 fully saturated rings. The lowest BCUT2D eigenvalue weighted by atomic mass is 10.2. The third-order valence-electron chi connectivity index (χ3n) is 2.47. The summed E-state index contributed by atoms with van der Waals surface area (Å²) >= 11 is 0. The van der Waals surface area contributed by atoms with Crippen LogP contribution in [0.5, 0.6) is 0 Å². The number of aromatic nitrogens is 1. The number of likely N-dealkylation sites (N-methyl/N-ethyl adjacent to an activating group) is 1. The molecular formula is C12H21N5O2. The van der Waals surface area contributed by atoms with Gasteiger partial charge in [0.15, 0.2) is 0 Å². The van der Waals surface area contributed by atoms with Gasteiger partial charge >= 0.3 is 0 Å². The van der Waals surface area contributed by atoms with Gasteiger partial charge in [0.05, 0.1) is 13.2 Å². The molecule has 0 aliphatic rings. The number of pyridine rings is 1. The van der Waals surface area contributed by atoms with Crippen LogP contribution in [-0.4, -0.2) is 49.6 Å². The summed E-state index contributed by atoms with van der Waals surface area (Å²) in [5.74, 6) is 5.88. The zero-order valence-electron chi connectivity index (χ0n) is 11.3. The van der Waals surface area contributed by atoms with Gasteiger partial charge in [-0.05, 0) is 24.7 Å². The Hall–Kier alpha value is -1.70. The lowest BCUT2D eigenvalue weighted by Crippen LogP contribution is -2.36. The maximum absolute atomic E-state index is 11.6. The molecule has 1 heterocycles. The minimum absolute atomic E-state index is 0.0224. The van der Waals surface area contributed by atoms with Gasteiger partial charge in [0.1, 0.15) is 5.82 Å². The molecule has 0 saturated carbocycles. The maximum atomic E-state index is 11.6. The van der Waals surface area contributed by atoms with Gasteiger partial charge in [0.2, 0.25) is 5.91 Å². The topological polar surface area (TPSA) is 92.5 Å². The number of rotatable bonds is 8. The predicted octanol–water partition coefficient (Wildman–Crippen LogP) is -0.438. The Morgan fingerprint density at radius 2 is 2.37 bits per heavy atom. The standard InChI is InChI=1S/C12H21N5O2/c1-17(9-12(18)15-5-6-19-2)8-10-3-4-14-11(7-10)16-13/h3-4,7H,5-6,8-9,13H2,1-2H3,(H,14,16)(H,15,18). The summed E-state index contributed by atoms with van der Waals surface area (Å²) in [7, 11) is 3.48. The zero-order valence-corrected chi connectivity index (χ0v) is 11.3. The highest BCUT2D eigenvalue weighted by Gasteiger charge is 2.07. The van der Waals surface area contributed by atoms with Crippen LogP contribution in [0.3, 0.4) is 0 Å². The highest BCUT2D eigenvalue weighted by Crippen LogP contribution is 2.07. The van der Waals surface area contributed by atoms with Crippen LogP contribution < -0.4 is 16.6 Å². The van der Waals surface area contributed by atoms with Crippen molar-refractivity contribution >= 4 is 11.7 Å². The summed E-state index contributed by atoms with van der Waals surface area (Å²) in [6, 6.07) is 3.74. The van der Waals surface area contributed by atoms with Gasteiger partial charge in [-0.15, -0.1) is 0 Å². The number of ether oxygens (including phenoxy) is 1. The van der Waals surface area contributed by atoms with Crippen LogP contribution in [0.4, 0.5) is 5.82 Å². The van der Waals surface area contributed by atoms with Crippen LogP contribution in [0.25, 0.3) is 0 Å². The van der Waals surface area contributed by atoms with Gasteiger partial charge in [-0.2, -0.15) is 0 Å². The second-order valence-corrected chi connectivity index (χ2v) is 4.21. The Morgan fingerprint density at radius 3 is 3.05 bits per heavy atom. The molecule has 0 unspecified atom stereocenters. The van der Waals surface area contributed by atoms with Crippen molar-refractivity contribution in [2.45, 2.75) is 6.54 Å². The summed E-state index contributed by atoms with van der Waals surface area (Å²) in [5.41, 5.74) is 3.53. The molecule has 0 spiro atoms. The first-order valence-corrected chi connectivity index (χ1v) is 6.01. The SMILES string of the molecule is COCCNC(=O)CN(C)Cc1ccnc(NN)c1. The molecule has 0 bridgehead atoms. The molecule has 106 valence electrons. The number of nitrogens with one attached hydrogen (secondary N) is 2. The Labute approximate surface area is 113 Å². The second kappa shape index (κ2) is 8.41. The summed E-state index contributed by atoms with van der Waals surface area (Å²) in [5, 5.41) is 2.77. The third-order valence-corrected chi connectivity index (χ3v) is 2.47. The minimum atomic E-state index is -0.0224. The van der Waals surface area contributed by atoms with E-state index in [4.69, 9.17) is 10.6 Å². The van der Waals surface area contributed by atoms with Gasteiger partial charge in [0.25, 0.3) is 0 Å². The Kier molecular flexibility index (Phi) is 6.80. The number of anilines is 1. The fourth-order valence-corrected chi connectivity index (χ4v) is 1.61. The maximum Gasteiger partial charge on any atom is 0.234 e. The van der Waals surface area contributed by atoms with E-state index in [0.29, 0.717) is 32.1 Å². The van der Waals surface area contributed by atoms with E-state index in [2.05, 4.69) is 15.7 Å². The van der Waals surface area contributed by atoms with Crippen molar-refractivity contribution in [3.05, 3.63) is 23.9 Å². The van der Waals surface area contributed by atoms with Gasteiger partial charge in [-0.25, -0.2) is 10.8 Å². The third kappa shape index (κ3) is 6.14. The Morgan fingerprint density at radius 1 is 1.58 bits per heavy atom. The van der Waals surface area contributed by atoms with E-state index in [1.807, 2.05) is 24.1 Å². The molecule has 0 radical (unpaired) electrons. The second-order valence-electron chi connectivity index (χ2n) is 4.21. The van der Waals surface area contributed by atoms with Crippen LogP contribution in [-0.2, 0) is 16.1 Å². The molecule has 7 nitrogen and oxygen atoms in total. The molecule has 1 amide bonds. The van der Waals surface area contributed by atoms with Crippen molar-refractivity contribution in [2.24, 2.45) is 5.84 Å². The number of nitrogens with two attached hydrogens (primary N) is 1. The summed E-state index contributed by atoms with van der Waals surface area (Å²) in [6.07, 6.45) is 1.68. The fourth-order valence-electron chi connectivity index (χ4n) is 1.61. The first-order valence-electron chi connectivity index (χ1n) is 6.01. The quantitative estimate of drug-likeness (QED) is 0.336. The number of nitrogen functional groups attached to an aromatic ring is 1. The van der Waals surface area contributed by atoms with Crippen molar-refractivity contribution < 1.29 is 9.53 Å². The van der Waals surface area contributed by atoms with E-state index >= 15 is 0 Å². The number of hydrogen-bond donors (Lipinski definition) is 3. The average Bonchev–Trinajstić information content (AvgIpc) is 2.39. The van der Waals surface area contributed by atoms with Gasteiger partial charge in [0, 0.05) is 26.4 Å². The number of amides is 1. The lowest BCUT2D eigenvalue weighted by Gasteiger charge is -2.16. The number of nitrogens with zero attached hydrogens (tertiary/aromatic N) is 2. The molecule has 0 aromatic carbocycles. The number of methoxy groups -OCH3 is 1. The van der Waals surface area contributed by atoms with Crippen molar-refractivity contribution in [1.82, 2.24) is 15.2 Å². The van der Waals surface area contributed by atoms with E-state index in [9.17, 15) is 4.79 Å². The molecular weight excluding hydrogens is 246 g/mol. The van der Waals surface area contributed by atoms with E-state index in [1.165, 1.54) is 0 Å². The predicted molar refractivity (Wildman–Crippen MR) is 73.3 cm³/mol. The fraction of sp³-hybridized carbons (Fsp3) is 0.500. The monoisotopic (exact) mass is 267 g/mol. The van der Waals surface area contributed by atoms with Gasteiger partial charge in [-0.1, -0.05) is 0 Å². The van der Waals surface area contributed by atoms with E-state index in [-0.39, 0.29) is 5.91 Å². The molecule has 1 aromatic rings. The van der Waals surface area contributed by atoms with Crippen LogP contribution >= 0.6 is 0 Å². The number of carbonyl (C=O) groups is 1. The molecule has 0 aliphatic heterocycles. The van der Waals surface area contributed by atoms with Crippen LogP contribution in [0.15, 0.2) is 18.3 Å². The van der Waals surface area contributed by atoms with E-state index in [1.54, 1.807) is 13.3 Å². The molecule has 4 N–H and O–H groups in total. The molecule has 0 saturated heterocycles. The number of carbonyl (C=O) groups excluding carboxylic acids is 1. The Bertz CT molecular complexity index is 399. The Balaban J connectivity index is 2.37. The summed E-state index contributed by atoms with van der Waals surface area (Å²) in [6.45, 7) is 2.03. The minimum Gasteiger partial charge on any atom is -0.383 e. The normalized spacial score (nSPS) is 10.5. The zero-order chi connectivity index (χ0) is 14.1. The number of hydrogen-bond acceptors (Lipinski definition) is 6. The lowest BCUT2D eigenvalue weighted by molar-refractivity contribution is -0.122. The van der Waals surface area contributed by atoms with Crippen molar-refractivity contribution in [2.75, 3.05) is 39.3 Å². The molecule has 19 heavy (non-hydrogen) atoms. The summed E-state index contributed by atoms with van der Waals surface area (Å²) < 4.78 is 4.86. The van der Waals surface area contributed by atoms with Crippen molar-refractivity contribution in [1.29, 1.82) is 0 Å². The van der Waals surface area contributed by atoms with Gasteiger partial charge < -0.3 is 15.5 Å². The molecule has 1 aromatic heterocycles. The van der Waals surface area contributed by atoms with E-state index < -0.39 is 0 Å². The van der Waals surface area contributed by atoms with Crippen LogP contribution in [0, 0.1) is 0 Å². The first kappa shape index (κ1) is 15.4. The first-order chi connectivity index (χ1) is 9.15. The molecule has 0 aliphatic carbocycles. The highest BCUT2D eigenvalue weighted by atomic mass is 16.5. The van der Waals surface area contributed by atoms with Gasteiger partial charge in [-0.3, -0.25) is 9.69 Å². The van der Waals surface area contributed by atoms with Crippen molar-refractivity contribution in [3.63, 3.8) is 0 Å². The highest BCUT2D eigenvalue weighted by molar-refractivity contribution is 5.77. The molecule has 0 atom stereocenters. The molecule has 1 rings (SSSR count). The summed E-state index contributed by atoms with van der Waals surface area (Å²) in [4.78, 5) is 17.5. The van der Waals surface area contributed by atoms with Crippen molar-refractivity contribution in [3.8, 4) is 0 Å². The smallest absolute Gasteiger partial charge is 0.234 e. The van der Waals surface area contributed by atoms with Crippen LogP contribution in [0.1, 0.15) is 5.56 Å². The average molecular weight is 267 g/mol. The van der Waals surface area contributed by atoms with E-state index in [0.717, 1.165) is 5.56 Å². The largest absolute Gasteiger partial charge is 0.383 e. The number of hydrazine groups is 1.